The Hall–Kier alpha value is -2.10. The SMILES string of the molecule is CC(C)(C)C1CCCCC1NC(=O)c1cc2ccccc2c(=O)[nH]1. The Morgan fingerprint density at radius 1 is 1.17 bits per heavy atom. The minimum atomic E-state index is -0.214. The number of pyridine rings is 1. The van der Waals surface area contributed by atoms with E-state index in [1.54, 1.807) is 12.1 Å². The normalized spacial score (nSPS) is 21.6. The van der Waals surface area contributed by atoms with Crippen LogP contribution < -0.4 is 10.9 Å². The number of H-pyrrole nitrogens is 1. The predicted molar refractivity (Wildman–Crippen MR) is 97.2 cm³/mol. The Labute approximate surface area is 142 Å². The number of hydrogen-bond donors (Lipinski definition) is 2. The summed E-state index contributed by atoms with van der Waals surface area (Å²) in [5, 5.41) is 4.58. The second kappa shape index (κ2) is 6.42. The van der Waals surface area contributed by atoms with Crippen LogP contribution >= 0.6 is 0 Å². The number of rotatable bonds is 2. The van der Waals surface area contributed by atoms with Gasteiger partial charge in [0.15, 0.2) is 0 Å². The average Bonchev–Trinajstić information content (AvgIpc) is 2.54. The van der Waals surface area contributed by atoms with Gasteiger partial charge < -0.3 is 10.3 Å². The van der Waals surface area contributed by atoms with E-state index in [1.807, 2.05) is 18.2 Å². The number of aromatic nitrogens is 1. The quantitative estimate of drug-likeness (QED) is 0.880. The molecule has 1 heterocycles. The van der Waals surface area contributed by atoms with Crippen LogP contribution in [-0.2, 0) is 0 Å². The third-order valence-electron chi connectivity index (χ3n) is 5.19. The summed E-state index contributed by atoms with van der Waals surface area (Å²) in [4.78, 5) is 27.6. The Kier molecular flexibility index (Phi) is 4.48. The molecule has 2 atom stereocenters. The third kappa shape index (κ3) is 3.37. The van der Waals surface area contributed by atoms with Gasteiger partial charge in [-0.2, -0.15) is 0 Å². The standard InChI is InChI=1S/C20H26N2O2/c1-20(2,3)15-10-6-7-11-16(15)21-19(24)17-12-13-8-4-5-9-14(13)18(23)22-17/h4-5,8-9,12,15-16H,6-7,10-11H2,1-3H3,(H,21,24)(H,22,23). The van der Waals surface area contributed by atoms with Crippen molar-refractivity contribution in [2.24, 2.45) is 11.3 Å². The molecule has 2 unspecified atom stereocenters. The molecule has 2 N–H and O–H groups in total. The van der Waals surface area contributed by atoms with Crippen LogP contribution in [0.3, 0.4) is 0 Å². The van der Waals surface area contributed by atoms with Gasteiger partial charge in [0.1, 0.15) is 5.69 Å². The number of carbonyl (C=O) groups is 1. The number of fused-ring (bicyclic) bond motifs is 1. The van der Waals surface area contributed by atoms with Crippen LogP contribution in [0.2, 0.25) is 0 Å². The van der Waals surface area contributed by atoms with Crippen molar-refractivity contribution >= 4 is 16.7 Å². The molecule has 4 nitrogen and oxygen atoms in total. The lowest BCUT2D eigenvalue weighted by Crippen LogP contribution is -2.47. The monoisotopic (exact) mass is 326 g/mol. The van der Waals surface area contributed by atoms with E-state index in [9.17, 15) is 9.59 Å². The number of nitrogens with one attached hydrogen (secondary N) is 2. The maximum Gasteiger partial charge on any atom is 0.268 e. The van der Waals surface area contributed by atoms with Crippen LogP contribution in [0.25, 0.3) is 10.8 Å². The molecule has 1 aliphatic carbocycles. The molecule has 0 bridgehead atoms. The maximum absolute atomic E-state index is 12.7. The van der Waals surface area contributed by atoms with Gasteiger partial charge in [0, 0.05) is 11.4 Å². The fourth-order valence-electron chi connectivity index (χ4n) is 3.92. The van der Waals surface area contributed by atoms with Gasteiger partial charge in [-0.15, -0.1) is 0 Å². The zero-order chi connectivity index (χ0) is 17.3. The summed E-state index contributed by atoms with van der Waals surface area (Å²) in [6.07, 6.45) is 4.51. The Morgan fingerprint density at radius 2 is 1.88 bits per heavy atom. The first-order valence-electron chi connectivity index (χ1n) is 8.79. The van der Waals surface area contributed by atoms with Crippen molar-refractivity contribution in [1.82, 2.24) is 10.3 Å². The third-order valence-corrected chi connectivity index (χ3v) is 5.19. The molecule has 0 saturated heterocycles. The van der Waals surface area contributed by atoms with E-state index in [4.69, 9.17) is 0 Å². The van der Waals surface area contributed by atoms with E-state index in [-0.39, 0.29) is 22.9 Å². The van der Waals surface area contributed by atoms with E-state index in [1.165, 1.54) is 6.42 Å². The van der Waals surface area contributed by atoms with Crippen LogP contribution in [0.4, 0.5) is 0 Å². The first kappa shape index (κ1) is 16.7. The Balaban J connectivity index is 1.85. The minimum absolute atomic E-state index is 0.162. The van der Waals surface area contributed by atoms with E-state index in [0.717, 1.165) is 24.6 Å². The summed E-state index contributed by atoms with van der Waals surface area (Å²) in [7, 11) is 0. The highest BCUT2D eigenvalue weighted by Crippen LogP contribution is 2.38. The van der Waals surface area contributed by atoms with Crippen molar-refractivity contribution in [2.45, 2.75) is 52.5 Å². The van der Waals surface area contributed by atoms with Crippen molar-refractivity contribution in [3.63, 3.8) is 0 Å². The van der Waals surface area contributed by atoms with Crippen LogP contribution in [0.15, 0.2) is 35.1 Å². The predicted octanol–water partition coefficient (Wildman–Crippen LogP) is 3.86. The number of amides is 1. The molecule has 1 amide bonds. The minimum Gasteiger partial charge on any atom is -0.348 e. The number of hydrogen-bond acceptors (Lipinski definition) is 2. The summed E-state index contributed by atoms with van der Waals surface area (Å²) in [5.41, 5.74) is 0.293. The second-order valence-electron chi connectivity index (χ2n) is 7.94. The highest BCUT2D eigenvalue weighted by atomic mass is 16.2. The molecule has 0 radical (unpaired) electrons. The average molecular weight is 326 g/mol. The number of aromatic amines is 1. The van der Waals surface area contributed by atoms with Gasteiger partial charge >= 0.3 is 0 Å². The van der Waals surface area contributed by atoms with Crippen molar-refractivity contribution in [3.05, 3.63) is 46.4 Å². The van der Waals surface area contributed by atoms with Gasteiger partial charge in [-0.05, 0) is 41.7 Å². The molecule has 0 aliphatic heterocycles. The Morgan fingerprint density at radius 3 is 2.62 bits per heavy atom. The maximum atomic E-state index is 12.7. The number of benzene rings is 1. The smallest absolute Gasteiger partial charge is 0.268 e. The van der Waals surface area contributed by atoms with Crippen LogP contribution in [0.5, 0.6) is 0 Å². The topological polar surface area (TPSA) is 62.0 Å². The second-order valence-corrected chi connectivity index (χ2v) is 7.94. The van der Waals surface area contributed by atoms with Gasteiger partial charge in [-0.25, -0.2) is 0 Å². The molecule has 1 aromatic carbocycles. The van der Waals surface area contributed by atoms with E-state index in [2.05, 4.69) is 31.1 Å². The highest BCUT2D eigenvalue weighted by Gasteiger charge is 2.35. The van der Waals surface area contributed by atoms with Crippen LogP contribution in [0, 0.1) is 11.3 Å². The van der Waals surface area contributed by atoms with Crippen molar-refractivity contribution in [1.29, 1.82) is 0 Å². The summed E-state index contributed by atoms with van der Waals surface area (Å²) in [5.74, 6) is 0.279. The van der Waals surface area contributed by atoms with Gasteiger partial charge in [0.25, 0.3) is 11.5 Å². The molecule has 0 spiro atoms. The molecule has 3 rings (SSSR count). The molecular weight excluding hydrogens is 300 g/mol. The largest absolute Gasteiger partial charge is 0.348 e. The summed E-state index contributed by atoms with van der Waals surface area (Å²) >= 11 is 0. The zero-order valence-electron chi connectivity index (χ0n) is 14.7. The van der Waals surface area contributed by atoms with Gasteiger partial charge in [-0.3, -0.25) is 9.59 Å². The fraction of sp³-hybridized carbons (Fsp3) is 0.500. The molecule has 1 fully saturated rings. The highest BCUT2D eigenvalue weighted by molar-refractivity contribution is 5.96. The van der Waals surface area contributed by atoms with E-state index < -0.39 is 0 Å². The molecule has 1 aromatic heterocycles. The summed E-state index contributed by atoms with van der Waals surface area (Å²) < 4.78 is 0. The van der Waals surface area contributed by atoms with Crippen molar-refractivity contribution < 1.29 is 4.79 Å². The molecule has 4 heteroatoms. The molecule has 1 aliphatic rings. The van der Waals surface area contributed by atoms with Crippen molar-refractivity contribution in [3.8, 4) is 0 Å². The first-order chi connectivity index (χ1) is 11.4. The lowest BCUT2D eigenvalue weighted by molar-refractivity contribution is 0.0825. The molecule has 2 aromatic rings. The van der Waals surface area contributed by atoms with E-state index >= 15 is 0 Å². The summed E-state index contributed by atoms with van der Waals surface area (Å²) in [6, 6.07) is 9.27. The molecule has 128 valence electrons. The molecule has 24 heavy (non-hydrogen) atoms. The van der Waals surface area contributed by atoms with Gasteiger partial charge in [0.05, 0.1) is 0 Å². The molecular formula is C20H26N2O2. The number of carbonyl (C=O) groups excluding carboxylic acids is 1. The van der Waals surface area contributed by atoms with Crippen LogP contribution in [-0.4, -0.2) is 16.9 Å². The van der Waals surface area contributed by atoms with Crippen molar-refractivity contribution in [2.75, 3.05) is 0 Å². The zero-order valence-corrected chi connectivity index (χ0v) is 14.7. The summed E-state index contributed by atoms with van der Waals surface area (Å²) in [6.45, 7) is 6.71. The van der Waals surface area contributed by atoms with Crippen LogP contribution in [0.1, 0.15) is 56.9 Å². The van der Waals surface area contributed by atoms with E-state index in [0.29, 0.717) is 17.0 Å². The lowest BCUT2D eigenvalue weighted by Gasteiger charge is -2.40. The fourth-order valence-corrected chi connectivity index (χ4v) is 3.92. The van der Waals surface area contributed by atoms with Gasteiger partial charge in [0.2, 0.25) is 0 Å². The first-order valence-corrected chi connectivity index (χ1v) is 8.79. The Bertz CT molecular complexity index is 801. The lowest BCUT2D eigenvalue weighted by atomic mass is 9.69. The molecule has 1 saturated carbocycles. The van der Waals surface area contributed by atoms with Gasteiger partial charge in [-0.1, -0.05) is 51.8 Å².